The first-order valence-corrected chi connectivity index (χ1v) is 9.43. The maximum atomic E-state index is 13.5. The summed E-state index contributed by atoms with van der Waals surface area (Å²) in [6, 6.07) is 9.42. The molecule has 2 aliphatic carbocycles. The van der Waals surface area contributed by atoms with Gasteiger partial charge in [0.05, 0.1) is 11.5 Å². The van der Waals surface area contributed by atoms with Crippen LogP contribution in [0, 0.1) is 11.3 Å². The number of carbonyl (C=O) groups is 2. The van der Waals surface area contributed by atoms with Crippen LogP contribution in [0.4, 0.5) is 0 Å². The van der Waals surface area contributed by atoms with Crippen molar-refractivity contribution >= 4 is 11.6 Å². The van der Waals surface area contributed by atoms with E-state index in [1.165, 1.54) is 0 Å². The first-order chi connectivity index (χ1) is 13.3. The van der Waals surface area contributed by atoms with Crippen LogP contribution < -0.4 is 4.74 Å². The minimum Gasteiger partial charge on any atom is -0.470 e. The first-order valence-electron chi connectivity index (χ1n) is 9.43. The Morgan fingerprint density at radius 2 is 1.96 bits per heavy atom. The standard InChI is InChI=1S/C22H24N2O4/c1-13-10-15-18(24(3)4)19-17(20(26)22(15,2)16(25)11-13)21(23-28-19)27-12-14-8-6-5-7-9-14/h5-9,11,15,18H,10,12H2,1-4H3. The van der Waals surface area contributed by atoms with E-state index in [-0.39, 0.29) is 36.0 Å². The number of rotatable bonds is 4. The van der Waals surface area contributed by atoms with Crippen molar-refractivity contribution in [2.45, 2.75) is 32.9 Å². The fourth-order valence-electron chi connectivity index (χ4n) is 4.43. The molecule has 2 aliphatic rings. The van der Waals surface area contributed by atoms with E-state index >= 15 is 0 Å². The highest BCUT2D eigenvalue weighted by Gasteiger charge is 2.59. The lowest BCUT2D eigenvalue weighted by molar-refractivity contribution is -0.126. The van der Waals surface area contributed by atoms with Gasteiger partial charge >= 0.3 is 0 Å². The summed E-state index contributed by atoms with van der Waals surface area (Å²) in [6.45, 7) is 3.95. The molecule has 3 unspecified atom stereocenters. The van der Waals surface area contributed by atoms with E-state index in [1.807, 2.05) is 56.3 Å². The van der Waals surface area contributed by atoms with Crippen molar-refractivity contribution in [1.82, 2.24) is 10.1 Å². The first kappa shape index (κ1) is 18.6. The smallest absolute Gasteiger partial charge is 0.265 e. The number of nitrogens with zero attached hydrogens (tertiary/aromatic N) is 2. The van der Waals surface area contributed by atoms with Crippen molar-refractivity contribution in [2.75, 3.05) is 14.1 Å². The van der Waals surface area contributed by atoms with Crippen molar-refractivity contribution < 1.29 is 18.8 Å². The van der Waals surface area contributed by atoms with Crippen molar-refractivity contribution in [3.05, 3.63) is 58.9 Å². The van der Waals surface area contributed by atoms with Gasteiger partial charge in [0.25, 0.3) is 5.88 Å². The van der Waals surface area contributed by atoms with Gasteiger partial charge in [-0.1, -0.05) is 35.9 Å². The lowest BCUT2D eigenvalue weighted by Crippen LogP contribution is -2.52. The van der Waals surface area contributed by atoms with E-state index in [2.05, 4.69) is 5.16 Å². The molecule has 0 fully saturated rings. The number of ether oxygens (including phenoxy) is 1. The van der Waals surface area contributed by atoms with Gasteiger partial charge in [-0.15, -0.1) is 0 Å². The molecule has 0 amide bonds. The second-order valence-electron chi connectivity index (χ2n) is 8.11. The molecule has 6 heteroatoms. The molecule has 2 aromatic rings. The Kier molecular flexibility index (Phi) is 4.46. The Morgan fingerprint density at radius 3 is 2.64 bits per heavy atom. The molecule has 1 heterocycles. The van der Waals surface area contributed by atoms with Crippen LogP contribution >= 0.6 is 0 Å². The molecule has 0 aliphatic heterocycles. The maximum absolute atomic E-state index is 13.5. The summed E-state index contributed by atoms with van der Waals surface area (Å²) in [6.07, 6.45) is 2.27. The van der Waals surface area contributed by atoms with Crippen LogP contribution in [0.25, 0.3) is 0 Å². The predicted octanol–water partition coefficient (Wildman–Crippen LogP) is 3.59. The van der Waals surface area contributed by atoms with Crippen molar-refractivity contribution in [3.8, 4) is 5.88 Å². The second kappa shape index (κ2) is 6.71. The van der Waals surface area contributed by atoms with Crippen LogP contribution in [-0.4, -0.2) is 35.7 Å². The number of aromatic nitrogens is 1. The van der Waals surface area contributed by atoms with E-state index in [4.69, 9.17) is 9.26 Å². The zero-order chi connectivity index (χ0) is 20.1. The number of Topliss-reactive ketones (excluding diaryl/α,β-unsaturated/α-hetero) is 1. The van der Waals surface area contributed by atoms with Crippen LogP contribution in [0.5, 0.6) is 5.88 Å². The third-order valence-corrected chi connectivity index (χ3v) is 5.98. The quantitative estimate of drug-likeness (QED) is 0.755. The Morgan fingerprint density at radius 1 is 1.25 bits per heavy atom. The molecule has 3 atom stereocenters. The van der Waals surface area contributed by atoms with Gasteiger partial charge in [-0.3, -0.25) is 14.5 Å². The van der Waals surface area contributed by atoms with Crippen molar-refractivity contribution in [1.29, 1.82) is 0 Å². The average molecular weight is 380 g/mol. The summed E-state index contributed by atoms with van der Waals surface area (Å²) >= 11 is 0. The second-order valence-corrected chi connectivity index (χ2v) is 8.11. The molecular formula is C22H24N2O4. The summed E-state index contributed by atoms with van der Waals surface area (Å²) in [5.41, 5.74) is 1.10. The Bertz CT molecular complexity index is 960. The zero-order valence-electron chi connectivity index (χ0n) is 16.6. The lowest BCUT2D eigenvalue weighted by Gasteiger charge is -2.46. The van der Waals surface area contributed by atoms with Gasteiger partial charge < -0.3 is 9.26 Å². The topological polar surface area (TPSA) is 72.6 Å². The van der Waals surface area contributed by atoms with Gasteiger partial charge in [-0.2, -0.15) is 0 Å². The van der Waals surface area contributed by atoms with Gasteiger partial charge in [-0.05, 0) is 51.2 Å². The largest absolute Gasteiger partial charge is 0.470 e. The fourth-order valence-corrected chi connectivity index (χ4v) is 4.43. The third kappa shape index (κ3) is 2.71. The number of carbonyl (C=O) groups excluding carboxylic acids is 2. The summed E-state index contributed by atoms with van der Waals surface area (Å²) in [5.74, 6) is 0.0371. The van der Waals surface area contributed by atoms with Crippen molar-refractivity contribution in [3.63, 3.8) is 0 Å². The molecular weight excluding hydrogens is 356 g/mol. The minimum absolute atomic E-state index is 0.154. The highest BCUT2D eigenvalue weighted by Crippen LogP contribution is 2.54. The van der Waals surface area contributed by atoms with E-state index in [1.54, 1.807) is 13.0 Å². The van der Waals surface area contributed by atoms with Gasteiger partial charge in [0.1, 0.15) is 12.2 Å². The number of allylic oxidation sites excluding steroid dienone is 2. The van der Waals surface area contributed by atoms with E-state index in [0.717, 1.165) is 11.1 Å². The minimum atomic E-state index is -1.14. The normalized spacial score (nSPS) is 26.7. The highest BCUT2D eigenvalue weighted by molar-refractivity contribution is 6.20. The molecule has 0 N–H and O–H groups in total. The summed E-state index contributed by atoms with van der Waals surface area (Å²) in [7, 11) is 3.85. The van der Waals surface area contributed by atoms with Gasteiger partial charge in [0.15, 0.2) is 17.3 Å². The average Bonchev–Trinajstić information content (AvgIpc) is 3.07. The Hall–Kier alpha value is -2.73. The van der Waals surface area contributed by atoms with Crippen LogP contribution in [0.15, 0.2) is 46.5 Å². The summed E-state index contributed by atoms with van der Waals surface area (Å²) < 4.78 is 11.5. The molecule has 0 radical (unpaired) electrons. The van der Waals surface area contributed by atoms with E-state index < -0.39 is 5.41 Å². The SMILES string of the molecule is CC1=CC(=O)C2(C)C(=O)c3c(OCc4ccccc4)noc3C(N(C)C)C2C1. The monoisotopic (exact) mass is 380 g/mol. The van der Waals surface area contributed by atoms with Crippen LogP contribution in [0.2, 0.25) is 0 Å². The summed E-state index contributed by atoms with van der Waals surface area (Å²) in [5, 5.41) is 4.06. The number of hydrogen-bond donors (Lipinski definition) is 0. The van der Waals surface area contributed by atoms with Crippen LogP contribution in [0.3, 0.4) is 0 Å². The maximum Gasteiger partial charge on any atom is 0.265 e. The Labute approximate surface area is 164 Å². The highest BCUT2D eigenvalue weighted by atomic mass is 16.5. The fraction of sp³-hybridized carbons (Fsp3) is 0.409. The molecule has 6 nitrogen and oxygen atoms in total. The van der Waals surface area contributed by atoms with E-state index in [9.17, 15) is 9.59 Å². The Balaban J connectivity index is 1.77. The van der Waals surface area contributed by atoms with Gasteiger partial charge in [-0.25, -0.2) is 0 Å². The predicted molar refractivity (Wildman–Crippen MR) is 103 cm³/mol. The molecule has 28 heavy (non-hydrogen) atoms. The van der Waals surface area contributed by atoms with Crippen molar-refractivity contribution in [2.24, 2.45) is 11.3 Å². The van der Waals surface area contributed by atoms with Gasteiger partial charge in [0.2, 0.25) is 0 Å². The number of benzene rings is 1. The van der Waals surface area contributed by atoms with Crippen LogP contribution in [-0.2, 0) is 11.4 Å². The van der Waals surface area contributed by atoms with Crippen LogP contribution in [0.1, 0.15) is 48.0 Å². The molecule has 0 bridgehead atoms. The number of ketones is 2. The molecule has 0 saturated carbocycles. The molecule has 4 rings (SSSR count). The molecule has 0 spiro atoms. The lowest BCUT2D eigenvalue weighted by atomic mass is 9.57. The third-order valence-electron chi connectivity index (χ3n) is 5.98. The zero-order valence-corrected chi connectivity index (χ0v) is 16.6. The molecule has 1 aromatic carbocycles. The van der Waals surface area contributed by atoms with Gasteiger partial charge in [0, 0.05) is 5.92 Å². The number of fused-ring (bicyclic) bond motifs is 2. The number of hydrogen-bond acceptors (Lipinski definition) is 6. The molecule has 0 saturated heterocycles. The molecule has 146 valence electrons. The summed E-state index contributed by atoms with van der Waals surface area (Å²) in [4.78, 5) is 28.4. The molecule has 1 aromatic heterocycles. The van der Waals surface area contributed by atoms with E-state index in [0.29, 0.717) is 17.7 Å².